The molecule has 0 aliphatic rings. The Labute approximate surface area is 170 Å². The van der Waals surface area contributed by atoms with Crippen molar-refractivity contribution in [3.05, 3.63) is 10.1 Å². The van der Waals surface area contributed by atoms with Crippen molar-refractivity contribution in [2.75, 3.05) is 6.54 Å². The van der Waals surface area contributed by atoms with Crippen molar-refractivity contribution in [1.29, 1.82) is 0 Å². The molecule has 0 aromatic rings. The van der Waals surface area contributed by atoms with E-state index in [9.17, 15) is 10.1 Å². The van der Waals surface area contributed by atoms with Crippen LogP contribution in [-0.2, 0) is 0 Å². The van der Waals surface area contributed by atoms with Crippen molar-refractivity contribution in [1.82, 2.24) is 0 Å². The second-order valence-corrected chi connectivity index (χ2v) is 8.48. The van der Waals surface area contributed by atoms with Crippen molar-refractivity contribution in [2.24, 2.45) is 0 Å². The summed E-state index contributed by atoms with van der Waals surface area (Å²) < 4.78 is 0. The molecule has 0 atom stereocenters. The second-order valence-electron chi connectivity index (χ2n) is 8.48. The highest BCUT2D eigenvalue weighted by Gasteiger charge is 1.97. The van der Waals surface area contributed by atoms with Crippen molar-refractivity contribution in [3.8, 4) is 0 Å². The van der Waals surface area contributed by atoms with Crippen LogP contribution in [0.2, 0.25) is 0 Å². The van der Waals surface area contributed by atoms with Gasteiger partial charge in [-0.1, -0.05) is 135 Å². The molecule has 0 radical (unpaired) electrons. The summed E-state index contributed by atoms with van der Waals surface area (Å²) in [6.45, 7) is 2.44. The minimum Gasteiger partial charge on any atom is -0.265 e. The number of rotatable bonds is 23. The number of hydrogen-bond donors (Lipinski definition) is 0. The summed E-state index contributed by atoms with van der Waals surface area (Å²) >= 11 is 0. The molecule has 0 spiro atoms. The smallest absolute Gasteiger partial charge is 0.203 e. The van der Waals surface area contributed by atoms with Gasteiger partial charge >= 0.3 is 0 Å². The molecule has 0 aliphatic heterocycles. The van der Waals surface area contributed by atoms with Crippen LogP contribution in [0.3, 0.4) is 0 Å². The first-order valence-corrected chi connectivity index (χ1v) is 12.4. The van der Waals surface area contributed by atoms with E-state index in [1.165, 1.54) is 128 Å². The van der Waals surface area contributed by atoms with Crippen LogP contribution in [0.4, 0.5) is 0 Å². The summed E-state index contributed by atoms with van der Waals surface area (Å²) in [7, 11) is 0. The van der Waals surface area contributed by atoms with E-state index in [-0.39, 0.29) is 11.5 Å². The molecule has 0 heterocycles. The topological polar surface area (TPSA) is 43.1 Å². The lowest BCUT2D eigenvalue weighted by Crippen LogP contribution is -1.99. The van der Waals surface area contributed by atoms with E-state index >= 15 is 0 Å². The average Bonchev–Trinajstić information content (AvgIpc) is 2.65. The zero-order valence-electron chi connectivity index (χ0n) is 18.5. The van der Waals surface area contributed by atoms with Gasteiger partial charge in [0.2, 0.25) is 6.54 Å². The van der Waals surface area contributed by atoms with Gasteiger partial charge in [-0.2, -0.15) is 0 Å². The van der Waals surface area contributed by atoms with Crippen LogP contribution in [0.5, 0.6) is 0 Å². The van der Waals surface area contributed by atoms with Gasteiger partial charge in [0.05, 0.1) is 0 Å². The van der Waals surface area contributed by atoms with Gasteiger partial charge in [-0.15, -0.1) is 0 Å². The fourth-order valence-electron chi connectivity index (χ4n) is 3.85. The third-order valence-electron chi connectivity index (χ3n) is 5.69. The van der Waals surface area contributed by atoms with E-state index in [2.05, 4.69) is 6.92 Å². The molecule has 0 amide bonds. The maximum Gasteiger partial charge on any atom is 0.203 e. The largest absolute Gasteiger partial charge is 0.265 e. The van der Waals surface area contributed by atoms with Gasteiger partial charge in [-0.25, -0.2) is 0 Å². The molecule has 0 bridgehead atoms. The fourth-order valence-corrected chi connectivity index (χ4v) is 3.85. The minimum atomic E-state index is -0.198. The molecule has 162 valence electrons. The third kappa shape index (κ3) is 25.4. The lowest BCUT2D eigenvalue weighted by atomic mass is 10.0. The highest BCUT2D eigenvalue weighted by Crippen LogP contribution is 2.15. The number of nitrogens with zero attached hydrogens (tertiary/aromatic N) is 1. The zero-order valence-corrected chi connectivity index (χ0v) is 18.5. The molecule has 0 saturated carbocycles. The van der Waals surface area contributed by atoms with Crippen LogP contribution in [0, 0.1) is 10.1 Å². The molecule has 0 aliphatic carbocycles. The Hall–Kier alpha value is -0.600. The Kier molecular flexibility index (Phi) is 22.9. The zero-order chi connectivity index (χ0) is 19.8. The number of unbranched alkanes of at least 4 members (excludes halogenated alkanes) is 21. The molecule has 0 N–H and O–H groups in total. The Morgan fingerprint density at radius 1 is 0.444 bits per heavy atom. The Bertz CT molecular complexity index is 294. The number of nitro groups is 1. The van der Waals surface area contributed by atoms with Crippen molar-refractivity contribution >= 4 is 0 Å². The summed E-state index contributed by atoms with van der Waals surface area (Å²) in [5, 5.41) is 10.2. The predicted octanol–water partition coefficient (Wildman–Crippen LogP) is 8.87. The Morgan fingerprint density at radius 2 is 0.667 bits per heavy atom. The van der Waals surface area contributed by atoms with Gasteiger partial charge in [-0.05, 0) is 6.42 Å². The summed E-state index contributed by atoms with van der Waals surface area (Å²) in [4.78, 5) is 10.0. The minimum absolute atomic E-state index is 0.152. The van der Waals surface area contributed by atoms with Crippen molar-refractivity contribution < 1.29 is 4.92 Å². The van der Waals surface area contributed by atoms with E-state index in [1.54, 1.807) is 0 Å². The van der Waals surface area contributed by atoms with Gasteiger partial charge in [-0.3, -0.25) is 10.1 Å². The first-order valence-electron chi connectivity index (χ1n) is 12.4. The first-order chi connectivity index (χ1) is 13.3. The predicted molar refractivity (Wildman–Crippen MR) is 119 cm³/mol. The quantitative estimate of drug-likeness (QED) is 0.100. The molecule has 3 heteroatoms. The molecule has 0 fully saturated rings. The van der Waals surface area contributed by atoms with E-state index in [4.69, 9.17) is 0 Å². The SMILES string of the molecule is CCCCCCCCCCCCCCCCCCCCCCCC[N+](=O)[O-]. The van der Waals surface area contributed by atoms with Crippen LogP contribution >= 0.6 is 0 Å². The maximum atomic E-state index is 10.2. The molecule has 0 aromatic carbocycles. The van der Waals surface area contributed by atoms with Crippen LogP contribution < -0.4 is 0 Å². The van der Waals surface area contributed by atoms with Crippen LogP contribution in [0.25, 0.3) is 0 Å². The molecule has 0 aromatic heterocycles. The van der Waals surface area contributed by atoms with Gasteiger partial charge in [0.1, 0.15) is 0 Å². The molecule has 0 unspecified atom stereocenters. The molecular formula is C24H49NO2. The van der Waals surface area contributed by atoms with Crippen LogP contribution in [-0.4, -0.2) is 11.5 Å². The van der Waals surface area contributed by atoms with Crippen molar-refractivity contribution in [2.45, 2.75) is 148 Å². The number of hydrogen-bond acceptors (Lipinski definition) is 2. The monoisotopic (exact) mass is 383 g/mol. The summed E-state index contributed by atoms with van der Waals surface area (Å²) in [6.07, 6.45) is 29.8. The molecule has 27 heavy (non-hydrogen) atoms. The molecule has 0 saturated heterocycles. The molecular weight excluding hydrogens is 334 g/mol. The maximum absolute atomic E-state index is 10.2. The summed E-state index contributed by atoms with van der Waals surface area (Å²) in [5.74, 6) is 0. The fraction of sp³-hybridized carbons (Fsp3) is 1.00. The highest BCUT2D eigenvalue weighted by molar-refractivity contribution is 4.51. The normalized spacial score (nSPS) is 11.1. The van der Waals surface area contributed by atoms with E-state index in [0.717, 1.165) is 12.8 Å². The van der Waals surface area contributed by atoms with Gasteiger partial charge < -0.3 is 0 Å². The lowest BCUT2D eigenvalue weighted by molar-refractivity contribution is -0.480. The van der Waals surface area contributed by atoms with E-state index in [0.29, 0.717) is 0 Å². The highest BCUT2D eigenvalue weighted by atomic mass is 16.6. The van der Waals surface area contributed by atoms with Gasteiger partial charge in [0.15, 0.2) is 0 Å². The average molecular weight is 384 g/mol. The Balaban J connectivity index is 2.98. The molecule has 0 rings (SSSR count). The second kappa shape index (κ2) is 23.4. The summed E-state index contributed by atoms with van der Waals surface area (Å²) in [6, 6.07) is 0. The molecule has 3 nitrogen and oxygen atoms in total. The van der Waals surface area contributed by atoms with Crippen LogP contribution in [0.1, 0.15) is 148 Å². The van der Waals surface area contributed by atoms with E-state index < -0.39 is 0 Å². The van der Waals surface area contributed by atoms with Gasteiger partial charge in [0, 0.05) is 11.3 Å². The van der Waals surface area contributed by atoms with Crippen molar-refractivity contribution in [3.63, 3.8) is 0 Å². The van der Waals surface area contributed by atoms with Crippen LogP contribution in [0.15, 0.2) is 0 Å². The lowest BCUT2D eigenvalue weighted by Gasteiger charge is -2.04. The first kappa shape index (κ1) is 26.4. The third-order valence-corrected chi connectivity index (χ3v) is 5.69. The Morgan fingerprint density at radius 3 is 0.889 bits per heavy atom. The van der Waals surface area contributed by atoms with E-state index in [1.807, 2.05) is 0 Å². The summed E-state index contributed by atoms with van der Waals surface area (Å²) in [5.41, 5.74) is 0. The standard InChI is InChI=1S/C24H49NO2/c1-2-3-4-5-6-7-8-9-10-11-12-13-14-15-16-17-18-19-20-21-22-23-24-25(26)27/h2-24H2,1H3. The van der Waals surface area contributed by atoms with Gasteiger partial charge in [0.25, 0.3) is 0 Å².